The molecule has 0 aromatic carbocycles. The molecule has 1 aromatic rings. The van der Waals surface area contributed by atoms with E-state index in [4.69, 9.17) is 4.74 Å². The highest BCUT2D eigenvalue weighted by molar-refractivity contribution is 5.78. The van der Waals surface area contributed by atoms with Crippen molar-refractivity contribution in [3.05, 3.63) is 12.4 Å². The van der Waals surface area contributed by atoms with Crippen molar-refractivity contribution in [3.63, 3.8) is 0 Å². The fourth-order valence-electron chi connectivity index (χ4n) is 3.06. The van der Waals surface area contributed by atoms with Gasteiger partial charge < -0.3 is 19.5 Å². The number of amides is 1. The van der Waals surface area contributed by atoms with E-state index in [9.17, 15) is 4.79 Å². The van der Waals surface area contributed by atoms with E-state index in [2.05, 4.69) is 20.1 Å². The van der Waals surface area contributed by atoms with Crippen LogP contribution in [0.5, 0.6) is 0 Å². The van der Waals surface area contributed by atoms with Crippen LogP contribution >= 0.6 is 0 Å². The van der Waals surface area contributed by atoms with Crippen molar-refractivity contribution in [2.45, 2.75) is 18.9 Å². The lowest BCUT2D eigenvalue weighted by atomic mass is 10.2. The molecule has 2 saturated heterocycles. The number of carbonyl (C=O) groups is 1. The van der Waals surface area contributed by atoms with Gasteiger partial charge in [-0.3, -0.25) is 9.69 Å². The van der Waals surface area contributed by atoms with Crippen molar-refractivity contribution >= 4 is 11.9 Å². The molecule has 1 N–H and O–H groups in total. The van der Waals surface area contributed by atoms with Gasteiger partial charge in [0.05, 0.1) is 12.6 Å². The molecule has 2 aliphatic rings. The maximum atomic E-state index is 12.0. The predicted octanol–water partition coefficient (Wildman–Crippen LogP) is -0.163. The first-order chi connectivity index (χ1) is 10.7. The van der Waals surface area contributed by atoms with Gasteiger partial charge in [-0.1, -0.05) is 0 Å². The Morgan fingerprint density at radius 2 is 2.23 bits per heavy atom. The largest absolute Gasteiger partial charge is 0.376 e. The van der Waals surface area contributed by atoms with Crippen LogP contribution in [-0.2, 0) is 16.6 Å². The lowest BCUT2D eigenvalue weighted by molar-refractivity contribution is -0.122. The minimum absolute atomic E-state index is 0.0981. The van der Waals surface area contributed by atoms with Gasteiger partial charge in [0.2, 0.25) is 11.9 Å². The maximum Gasteiger partial charge on any atom is 0.234 e. The van der Waals surface area contributed by atoms with Gasteiger partial charge in [0, 0.05) is 58.8 Å². The summed E-state index contributed by atoms with van der Waals surface area (Å²) in [4.78, 5) is 20.8. The first kappa shape index (κ1) is 15.3. The first-order valence-electron chi connectivity index (χ1n) is 8.05. The predicted molar refractivity (Wildman–Crippen MR) is 83.8 cm³/mol. The molecule has 0 unspecified atom stereocenters. The Hall–Kier alpha value is -1.60. The third-order valence-corrected chi connectivity index (χ3v) is 4.37. The lowest BCUT2D eigenvalue weighted by Crippen LogP contribution is -2.50. The van der Waals surface area contributed by atoms with Crippen LogP contribution in [0.2, 0.25) is 0 Å². The van der Waals surface area contributed by atoms with E-state index in [0.29, 0.717) is 13.1 Å². The molecule has 0 bridgehead atoms. The number of hydrogen-bond acceptors (Lipinski definition) is 5. The van der Waals surface area contributed by atoms with Crippen LogP contribution in [0.3, 0.4) is 0 Å². The zero-order chi connectivity index (χ0) is 15.4. The summed E-state index contributed by atoms with van der Waals surface area (Å²) in [6, 6.07) is 0. The molecule has 1 aromatic heterocycles. The average Bonchev–Trinajstić information content (AvgIpc) is 3.17. The van der Waals surface area contributed by atoms with E-state index in [1.807, 2.05) is 24.0 Å². The van der Waals surface area contributed by atoms with Crippen LogP contribution in [0.15, 0.2) is 12.4 Å². The molecule has 22 heavy (non-hydrogen) atoms. The quantitative estimate of drug-likeness (QED) is 0.819. The number of rotatable bonds is 5. The second kappa shape index (κ2) is 7.11. The third-order valence-electron chi connectivity index (χ3n) is 4.37. The number of hydrogen-bond donors (Lipinski definition) is 1. The number of imidazole rings is 1. The fraction of sp³-hybridized carbons (Fsp3) is 0.733. The third kappa shape index (κ3) is 3.78. The van der Waals surface area contributed by atoms with Crippen LogP contribution in [-0.4, -0.2) is 72.3 Å². The normalized spacial score (nSPS) is 23.0. The molecule has 1 atom stereocenters. The monoisotopic (exact) mass is 307 g/mol. The van der Waals surface area contributed by atoms with Crippen LogP contribution in [0.4, 0.5) is 5.95 Å². The number of aromatic nitrogens is 2. The topological polar surface area (TPSA) is 62.6 Å². The average molecular weight is 307 g/mol. The second-order valence-electron chi connectivity index (χ2n) is 6.04. The Labute approximate surface area is 131 Å². The van der Waals surface area contributed by atoms with Gasteiger partial charge in [-0.2, -0.15) is 0 Å². The number of nitrogens with zero attached hydrogens (tertiary/aromatic N) is 4. The van der Waals surface area contributed by atoms with Crippen LogP contribution in [0.25, 0.3) is 0 Å². The summed E-state index contributed by atoms with van der Waals surface area (Å²) in [5.41, 5.74) is 0. The van der Waals surface area contributed by atoms with Crippen molar-refractivity contribution in [1.29, 1.82) is 0 Å². The molecule has 0 saturated carbocycles. The van der Waals surface area contributed by atoms with Gasteiger partial charge in [-0.05, 0) is 12.8 Å². The van der Waals surface area contributed by atoms with E-state index in [1.54, 1.807) is 0 Å². The summed E-state index contributed by atoms with van der Waals surface area (Å²) in [5.74, 6) is 1.10. The van der Waals surface area contributed by atoms with E-state index in [-0.39, 0.29) is 12.0 Å². The summed E-state index contributed by atoms with van der Waals surface area (Å²) in [5, 5.41) is 2.98. The lowest BCUT2D eigenvalue weighted by Gasteiger charge is -2.34. The highest BCUT2D eigenvalue weighted by atomic mass is 16.5. The molecule has 3 rings (SSSR count). The molecule has 1 amide bonds. The van der Waals surface area contributed by atoms with Crippen LogP contribution in [0.1, 0.15) is 12.8 Å². The fourth-order valence-corrected chi connectivity index (χ4v) is 3.06. The number of carbonyl (C=O) groups excluding carboxylic acids is 1. The molecule has 0 aliphatic carbocycles. The number of aryl methyl sites for hydroxylation is 1. The SMILES string of the molecule is Cn1ccnc1N1CCN(CC(=O)NC[C@@H]2CCCO2)CC1. The zero-order valence-corrected chi connectivity index (χ0v) is 13.2. The Balaban J connectivity index is 1.38. The van der Waals surface area contributed by atoms with Crippen LogP contribution in [0, 0.1) is 0 Å². The van der Waals surface area contributed by atoms with E-state index >= 15 is 0 Å². The maximum absolute atomic E-state index is 12.0. The van der Waals surface area contributed by atoms with E-state index in [0.717, 1.165) is 51.6 Å². The van der Waals surface area contributed by atoms with E-state index in [1.165, 1.54) is 0 Å². The van der Waals surface area contributed by atoms with Gasteiger partial charge in [0.15, 0.2) is 0 Å². The minimum atomic E-state index is 0.0981. The molecular formula is C15H25N5O2. The van der Waals surface area contributed by atoms with Crippen molar-refractivity contribution in [3.8, 4) is 0 Å². The highest BCUT2D eigenvalue weighted by Gasteiger charge is 2.22. The Bertz CT molecular complexity index is 490. The van der Waals surface area contributed by atoms with Crippen molar-refractivity contribution < 1.29 is 9.53 Å². The first-order valence-corrected chi connectivity index (χ1v) is 8.05. The Kier molecular flexibility index (Phi) is 4.94. The molecule has 0 spiro atoms. The molecule has 0 radical (unpaired) electrons. The molecule has 2 fully saturated rings. The van der Waals surface area contributed by atoms with Gasteiger partial charge in [0.25, 0.3) is 0 Å². The summed E-state index contributed by atoms with van der Waals surface area (Å²) in [7, 11) is 2.01. The number of piperazine rings is 1. The van der Waals surface area contributed by atoms with Crippen molar-refractivity contribution in [2.75, 3.05) is 50.8 Å². The summed E-state index contributed by atoms with van der Waals surface area (Å²) in [6.45, 7) is 5.54. The number of anilines is 1. The van der Waals surface area contributed by atoms with Crippen LogP contribution < -0.4 is 10.2 Å². The van der Waals surface area contributed by atoms with Gasteiger partial charge in [-0.15, -0.1) is 0 Å². The van der Waals surface area contributed by atoms with Crippen molar-refractivity contribution in [1.82, 2.24) is 19.8 Å². The number of nitrogens with one attached hydrogen (secondary N) is 1. The van der Waals surface area contributed by atoms with Gasteiger partial charge in [-0.25, -0.2) is 4.98 Å². The molecule has 3 heterocycles. The summed E-state index contributed by atoms with van der Waals surface area (Å²) >= 11 is 0. The summed E-state index contributed by atoms with van der Waals surface area (Å²) < 4.78 is 7.55. The molecule has 7 heteroatoms. The van der Waals surface area contributed by atoms with Gasteiger partial charge in [0.1, 0.15) is 0 Å². The standard InChI is InChI=1S/C15H25N5O2/c1-18-5-4-16-15(18)20-8-6-19(7-9-20)12-14(21)17-11-13-3-2-10-22-13/h4-5,13H,2-3,6-12H2,1H3,(H,17,21)/t13-/m0/s1. The second-order valence-corrected chi connectivity index (χ2v) is 6.04. The minimum Gasteiger partial charge on any atom is -0.376 e. The van der Waals surface area contributed by atoms with Gasteiger partial charge >= 0.3 is 0 Å². The van der Waals surface area contributed by atoms with E-state index < -0.39 is 0 Å². The number of ether oxygens (including phenoxy) is 1. The molecule has 122 valence electrons. The Morgan fingerprint density at radius 1 is 1.41 bits per heavy atom. The highest BCUT2D eigenvalue weighted by Crippen LogP contribution is 2.13. The Morgan fingerprint density at radius 3 is 2.86 bits per heavy atom. The zero-order valence-electron chi connectivity index (χ0n) is 13.2. The van der Waals surface area contributed by atoms with Crippen molar-refractivity contribution in [2.24, 2.45) is 7.05 Å². The molecule has 7 nitrogen and oxygen atoms in total. The molecular weight excluding hydrogens is 282 g/mol. The smallest absolute Gasteiger partial charge is 0.234 e. The molecule has 2 aliphatic heterocycles. The summed E-state index contributed by atoms with van der Waals surface area (Å²) in [6.07, 6.45) is 6.16.